The van der Waals surface area contributed by atoms with Gasteiger partial charge in [-0.3, -0.25) is 9.89 Å². The number of halogens is 2. The summed E-state index contributed by atoms with van der Waals surface area (Å²) in [7, 11) is 0. The van der Waals surface area contributed by atoms with Crippen LogP contribution in [0.3, 0.4) is 0 Å². The molecule has 1 aromatic rings. The zero-order chi connectivity index (χ0) is 11.5. The minimum atomic E-state index is -0.385. The standard InChI is InChI=1S/C11H18N4O.2ClH/c1-8(12)11(16)15-6-3-9(4-7-15)10-2-5-13-14-10;;/h2,5,8-9H,3-4,6-7,12H2,1H3,(H,13,14);2*1H/t8-;;/m1../s1. The first-order chi connectivity index (χ1) is 7.68. The molecule has 0 aliphatic carbocycles. The fraction of sp³-hybridized carbons (Fsp3) is 0.636. The first-order valence-electron chi connectivity index (χ1n) is 5.72. The van der Waals surface area contributed by atoms with E-state index >= 15 is 0 Å². The van der Waals surface area contributed by atoms with E-state index in [-0.39, 0.29) is 36.8 Å². The number of likely N-dealkylation sites (tertiary alicyclic amines) is 1. The van der Waals surface area contributed by atoms with Crippen molar-refractivity contribution in [2.45, 2.75) is 31.7 Å². The molecule has 0 saturated carbocycles. The van der Waals surface area contributed by atoms with Crippen molar-refractivity contribution in [1.82, 2.24) is 15.1 Å². The monoisotopic (exact) mass is 294 g/mol. The summed E-state index contributed by atoms with van der Waals surface area (Å²) in [4.78, 5) is 13.5. The number of piperidine rings is 1. The van der Waals surface area contributed by atoms with Crippen LogP contribution in [0.15, 0.2) is 12.3 Å². The van der Waals surface area contributed by atoms with Crippen molar-refractivity contribution in [1.29, 1.82) is 0 Å². The molecule has 3 N–H and O–H groups in total. The highest BCUT2D eigenvalue weighted by atomic mass is 35.5. The number of nitrogens with zero attached hydrogens (tertiary/aromatic N) is 2. The van der Waals surface area contributed by atoms with E-state index in [0.29, 0.717) is 5.92 Å². The average Bonchev–Trinajstić information content (AvgIpc) is 2.81. The van der Waals surface area contributed by atoms with Gasteiger partial charge in [-0.2, -0.15) is 5.10 Å². The number of hydrogen-bond donors (Lipinski definition) is 2. The van der Waals surface area contributed by atoms with Crippen molar-refractivity contribution in [2.24, 2.45) is 5.73 Å². The summed E-state index contributed by atoms with van der Waals surface area (Å²) in [6.45, 7) is 3.33. The number of amides is 1. The van der Waals surface area contributed by atoms with Crippen molar-refractivity contribution in [3.8, 4) is 0 Å². The van der Waals surface area contributed by atoms with Crippen LogP contribution in [-0.2, 0) is 4.79 Å². The van der Waals surface area contributed by atoms with Crippen molar-refractivity contribution in [3.63, 3.8) is 0 Å². The van der Waals surface area contributed by atoms with Gasteiger partial charge in [0.1, 0.15) is 0 Å². The predicted molar refractivity (Wildman–Crippen MR) is 75.3 cm³/mol. The van der Waals surface area contributed by atoms with Gasteiger partial charge in [-0.15, -0.1) is 24.8 Å². The largest absolute Gasteiger partial charge is 0.341 e. The molecule has 18 heavy (non-hydrogen) atoms. The predicted octanol–water partition coefficient (Wildman–Crippen LogP) is 1.31. The van der Waals surface area contributed by atoms with E-state index in [4.69, 9.17) is 5.73 Å². The summed E-state index contributed by atoms with van der Waals surface area (Å²) in [6.07, 6.45) is 3.75. The van der Waals surface area contributed by atoms with Crippen molar-refractivity contribution in [2.75, 3.05) is 13.1 Å². The number of hydrogen-bond acceptors (Lipinski definition) is 3. The van der Waals surface area contributed by atoms with Gasteiger partial charge in [0.15, 0.2) is 0 Å². The molecule has 5 nitrogen and oxygen atoms in total. The molecule has 0 unspecified atom stereocenters. The molecule has 1 saturated heterocycles. The summed E-state index contributed by atoms with van der Waals surface area (Å²) >= 11 is 0. The second-order valence-corrected chi connectivity index (χ2v) is 4.40. The Hall–Kier alpha value is -0.780. The summed E-state index contributed by atoms with van der Waals surface area (Å²) in [6, 6.07) is 1.62. The summed E-state index contributed by atoms with van der Waals surface area (Å²) in [5.74, 6) is 0.558. The average molecular weight is 295 g/mol. The Bertz CT molecular complexity index is 348. The number of aromatic nitrogens is 2. The topological polar surface area (TPSA) is 75.0 Å². The molecule has 0 spiro atoms. The molecular formula is C11H20Cl2N4O. The highest BCUT2D eigenvalue weighted by Gasteiger charge is 2.25. The van der Waals surface area contributed by atoms with Gasteiger partial charge in [0.2, 0.25) is 5.91 Å². The summed E-state index contributed by atoms with van der Waals surface area (Å²) in [5.41, 5.74) is 6.76. The lowest BCUT2D eigenvalue weighted by molar-refractivity contribution is -0.133. The van der Waals surface area contributed by atoms with Crippen LogP contribution in [0.5, 0.6) is 0 Å². The number of carbonyl (C=O) groups excluding carboxylic acids is 1. The first kappa shape index (κ1) is 17.2. The number of nitrogens with two attached hydrogens (primary N) is 1. The Kier molecular flexibility index (Phi) is 7.28. The van der Waals surface area contributed by atoms with Gasteiger partial charge in [0.25, 0.3) is 0 Å². The molecule has 1 aliphatic rings. The number of H-pyrrole nitrogens is 1. The van der Waals surface area contributed by atoms with Gasteiger partial charge >= 0.3 is 0 Å². The highest BCUT2D eigenvalue weighted by Crippen LogP contribution is 2.26. The number of rotatable bonds is 2. The van der Waals surface area contributed by atoms with Crippen LogP contribution in [0, 0.1) is 0 Å². The zero-order valence-corrected chi connectivity index (χ0v) is 12.0. The van der Waals surface area contributed by atoms with Gasteiger partial charge in [0, 0.05) is 30.9 Å². The van der Waals surface area contributed by atoms with Crippen LogP contribution in [-0.4, -0.2) is 40.1 Å². The van der Waals surface area contributed by atoms with E-state index in [9.17, 15) is 4.79 Å². The van der Waals surface area contributed by atoms with Crippen LogP contribution in [0.25, 0.3) is 0 Å². The Balaban J connectivity index is 0.00000144. The zero-order valence-electron chi connectivity index (χ0n) is 10.3. The molecule has 0 aromatic carbocycles. The van der Waals surface area contributed by atoms with Crippen molar-refractivity contribution in [3.05, 3.63) is 18.0 Å². The van der Waals surface area contributed by atoms with Crippen LogP contribution < -0.4 is 5.73 Å². The first-order valence-corrected chi connectivity index (χ1v) is 5.72. The van der Waals surface area contributed by atoms with Crippen molar-refractivity contribution >= 4 is 30.7 Å². The third-order valence-electron chi connectivity index (χ3n) is 3.16. The Morgan fingerprint density at radius 3 is 2.56 bits per heavy atom. The Labute approximate surface area is 119 Å². The van der Waals surface area contributed by atoms with Gasteiger partial charge < -0.3 is 10.6 Å². The number of aromatic amines is 1. The molecule has 1 fully saturated rings. The van der Waals surface area contributed by atoms with Gasteiger partial charge in [-0.05, 0) is 25.8 Å². The lowest BCUT2D eigenvalue weighted by Crippen LogP contribution is -2.45. The second-order valence-electron chi connectivity index (χ2n) is 4.40. The van der Waals surface area contributed by atoms with Crippen LogP contribution in [0.1, 0.15) is 31.4 Å². The smallest absolute Gasteiger partial charge is 0.239 e. The van der Waals surface area contributed by atoms with E-state index in [2.05, 4.69) is 10.2 Å². The van der Waals surface area contributed by atoms with Crippen LogP contribution >= 0.6 is 24.8 Å². The third kappa shape index (κ3) is 3.86. The maximum absolute atomic E-state index is 11.7. The summed E-state index contributed by atoms with van der Waals surface area (Å²) < 4.78 is 0. The Morgan fingerprint density at radius 1 is 1.50 bits per heavy atom. The maximum Gasteiger partial charge on any atom is 0.239 e. The molecule has 1 aromatic heterocycles. The van der Waals surface area contributed by atoms with Crippen molar-refractivity contribution < 1.29 is 4.79 Å². The third-order valence-corrected chi connectivity index (χ3v) is 3.16. The van der Waals surface area contributed by atoms with Gasteiger partial charge in [-0.1, -0.05) is 0 Å². The van der Waals surface area contributed by atoms with E-state index in [1.165, 1.54) is 5.69 Å². The summed E-state index contributed by atoms with van der Waals surface area (Å²) in [5, 5.41) is 6.95. The van der Waals surface area contributed by atoms with E-state index in [0.717, 1.165) is 25.9 Å². The molecule has 7 heteroatoms. The molecule has 2 heterocycles. The molecule has 1 atom stereocenters. The van der Waals surface area contributed by atoms with E-state index in [1.54, 1.807) is 13.1 Å². The Morgan fingerprint density at radius 2 is 2.11 bits per heavy atom. The molecule has 0 bridgehead atoms. The minimum absolute atomic E-state index is 0. The van der Waals surface area contributed by atoms with Gasteiger partial charge in [0.05, 0.1) is 6.04 Å². The SMILES string of the molecule is C[C@@H](N)C(=O)N1CCC(c2ccn[nH]2)CC1.Cl.Cl. The van der Waals surface area contributed by atoms with E-state index < -0.39 is 0 Å². The number of nitrogens with one attached hydrogen (secondary N) is 1. The van der Waals surface area contributed by atoms with E-state index in [1.807, 2.05) is 11.0 Å². The van der Waals surface area contributed by atoms with Crippen LogP contribution in [0.4, 0.5) is 0 Å². The maximum atomic E-state index is 11.7. The minimum Gasteiger partial charge on any atom is -0.341 e. The normalized spacial score (nSPS) is 17.6. The molecule has 2 rings (SSSR count). The second kappa shape index (κ2) is 7.61. The molecule has 1 amide bonds. The fourth-order valence-electron chi connectivity index (χ4n) is 2.19. The van der Waals surface area contributed by atoms with Gasteiger partial charge in [-0.25, -0.2) is 0 Å². The van der Waals surface area contributed by atoms with Crippen LogP contribution in [0.2, 0.25) is 0 Å². The molecular weight excluding hydrogens is 275 g/mol. The molecule has 104 valence electrons. The molecule has 1 aliphatic heterocycles. The fourth-order valence-corrected chi connectivity index (χ4v) is 2.19. The number of carbonyl (C=O) groups is 1. The highest BCUT2D eigenvalue weighted by molar-refractivity contribution is 5.85. The quantitative estimate of drug-likeness (QED) is 0.863. The molecule has 0 radical (unpaired) electrons. The lowest BCUT2D eigenvalue weighted by Gasteiger charge is -2.32. The lowest BCUT2D eigenvalue weighted by atomic mass is 9.93.